The van der Waals surface area contributed by atoms with Gasteiger partial charge in [-0.1, -0.05) is 27.2 Å². The summed E-state index contributed by atoms with van der Waals surface area (Å²) in [6.07, 6.45) is 1.69. The summed E-state index contributed by atoms with van der Waals surface area (Å²) in [7, 11) is 0. The predicted octanol–water partition coefficient (Wildman–Crippen LogP) is 3.44. The van der Waals surface area contributed by atoms with Crippen molar-refractivity contribution in [3.05, 3.63) is 15.6 Å². The Bertz CT molecular complexity index is 361. The lowest BCUT2D eigenvalue weighted by molar-refractivity contribution is 0.0700. The molecular formula is C11H17NO2S2. The molecular weight excluding hydrogens is 242 g/mol. The minimum atomic E-state index is -0.846. The van der Waals surface area contributed by atoms with E-state index in [1.807, 2.05) is 6.92 Å². The number of hydrogen-bond donors (Lipinski definition) is 1. The molecule has 0 aliphatic carbocycles. The molecule has 0 bridgehead atoms. The topological polar surface area (TPSA) is 50.2 Å². The molecule has 90 valence electrons. The number of aryl methyl sites for hydroxylation is 1. The molecule has 0 aliphatic rings. The summed E-state index contributed by atoms with van der Waals surface area (Å²) < 4.78 is 0. The molecule has 1 rings (SSSR count). The van der Waals surface area contributed by atoms with E-state index in [4.69, 9.17) is 5.11 Å². The van der Waals surface area contributed by atoms with Crippen LogP contribution >= 0.6 is 23.1 Å². The molecule has 0 amide bonds. The van der Waals surface area contributed by atoms with E-state index in [0.29, 0.717) is 10.1 Å². The van der Waals surface area contributed by atoms with Crippen LogP contribution in [-0.2, 0) is 12.2 Å². The van der Waals surface area contributed by atoms with Crippen molar-refractivity contribution in [3.63, 3.8) is 0 Å². The third kappa shape index (κ3) is 3.79. The van der Waals surface area contributed by atoms with Crippen molar-refractivity contribution in [3.8, 4) is 0 Å². The quantitative estimate of drug-likeness (QED) is 0.850. The first-order chi connectivity index (χ1) is 7.54. The monoisotopic (exact) mass is 259 g/mol. The molecule has 3 nitrogen and oxygen atoms in total. The van der Waals surface area contributed by atoms with Crippen molar-refractivity contribution in [2.24, 2.45) is 0 Å². The van der Waals surface area contributed by atoms with Crippen molar-refractivity contribution in [2.75, 3.05) is 0 Å². The second-order valence-corrected chi connectivity index (χ2v) is 6.45. The maximum atomic E-state index is 11.0. The Labute approximate surface area is 104 Å². The molecule has 0 unspecified atom stereocenters. The Morgan fingerprint density at radius 1 is 1.56 bits per heavy atom. The minimum Gasteiger partial charge on any atom is -0.477 e. The number of aromatic nitrogens is 1. The van der Waals surface area contributed by atoms with E-state index in [1.54, 1.807) is 11.8 Å². The zero-order chi connectivity index (χ0) is 12.1. The van der Waals surface area contributed by atoms with Crippen LogP contribution in [0.15, 0.2) is 0 Å². The zero-order valence-corrected chi connectivity index (χ0v) is 11.5. The average Bonchev–Trinajstić information content (AvgIpc) is 2.59. The van der Waals surface area contributed by atoms with E-state index in [9.17, 15) is 4.79 Å². The van der Waals surface area contributed by atoms with Gasteiger partial charge in [-0.25, -0.2) is 9.78 Å². The summed E-state index contributed by atoms with van der Waals surface area (Å²) in [6, 6.07) is 0. The smallest absolute Gasteiger partial charge is 0.347 e. The third-order valence-corrected chi connectivity index (χ3v) is 4.34. The van der Waals surface area contributed by atoms with E-state index in [2.05, 4.69) is 18.8 Å². The molecule has 1 N–H and O–H groups in total. The molecule has 0 fully saturated rings. The van der Waals surface area contributed by atoms with Crippen LogP contribution in [0.1, 0.15) is 47.6 Å². The lowest BCUT2D eigenvalue weighted by Gasteiger charge is -2.00. The van der Waals surface area contributed by atoms with Gasteiger partial charge in [-0.15, -0.1) is 11.3 Å². The SMILES string of the molecule is CCCc1nc(CSC(C)C)sc1C(=O)O. The van der Waals surface area contributed by atoms with Crippen molar-refractivity contribution < 1.29 is 9.90 Å². The highest BCUT2D eigenvalue weighted by Gasteiger charge is 2.16. The molecule has 0 saturated heterocycles. The molecule has 0 aliphatic heterocycles. The Morgan fingerprint density at radius 2 is 2.25 bits per heavy atom. The number of rotatable bonds is 6. The van der Waals surface area contributed by atoms with Crippen LogP contribution < -0.4 is 0 Å². The number of hydrogen-bond acceptors (Lipinski definition) is 4. The minimum absolute atomic E-state index is 0.418. The third-order valence-electron chi connectivity index (χ3n) is 1.96. The number of nitrogens with zero attached hydrogens (tertiary/aromatic N) is 1. The molecule has 0 radical (unpaired) electrons. The van der Waals surface area contributed by atoms with Crippen LogP contribution in [0.25, 0.3) is 0 Å². The van der Waals surface area contributed by atoms with E-state index in [-0.39, 0.29) is 0 Å². The van der Waals surface area contributed by atoms with Gasteiger partial charge in [-0.2, -0.15) is 11.8 Å². The normalized spacial score (nSPS) is 11.0. The Morgan fingerprint density at radius 3 is 2.75 bits per heavy atom. The number of carbonyl (C=O) groups is 1. The van der Waals surface area contributed by atoms with E-state index in [0.717, 1.165) is 29.3 Å². The van der Waals surface area contributed by atoms with Gasteiger partial charge in [-0.3, -0.25) is 0 Å². The van der Waals surface area contributed by atoms with E-state index >= 15 is 0 Å². The van der Waals surface area contributed by atoms with Gasteiger partial charge in [0.15, 0.2) is 0 Å². The fourth-order valence-corrected chi connectivity index (χ4v) is 3.00. The van der Waals surface area contributed by atoms with Crippen molar-refractivity contribution in [1.29, 1.82) is 0 Å². The van der Waals surface area contributed by atoms with E-state index in [1.165, 1.54) is 11.3 Å². The highest BCUT2D eigenvalue weighted by molar-refractivity contribution is 7.99. The summed E-state index contributed by atoms with van der Waals surface area (Å²) >= 11 is 3.11. The standard InChI is InChI=1S/C11H17NO2S2/c1-4-5-8-10(11(13)14)16-9(12-8)6-15-7(2)3/h7H,4-6H2,1-3H3,(H,13,14). The van der Waals surface area contributed by atoms with Crippen LogP contribution in [0.5, 0.6) is 0 Å². The van der Waals surface area contributed by atoms with Crippen molar-refractivity contribution in [2.45, 2.75) is 44.6 Å². The first kappa shape index (κ1) is 13.5. The number of aromatic carboxylic acids is 1. The number of carboxylic acids is 1. The number of thioether (sulfide) groups is 1. The van der Waals surface area contributed by atoms with Crippen molar-refractivity contribution in [1.82, 2.24) is 4.98 Å². The van der Waals surface area contributed by atoms with Gasteiger partial charge in [0.25, 0.3) is 0 Å². The molecule has 16 heavy (non-hydrogen) atoms. The molecule has 0 saturated carbocycles. The molecule has 1 heterocycles. The molecule has 0 atom stereocenters. The van der Waals surface area contributed by atoms with Gasteiger partial charge in [0.2, 0.25) is 0 Å². The molecule has 0 spiro atoms. The summed E-state index contributed by atoms with van der Waals surface area (Å²) in [4.78, 5) is 15.8. The summed E-state index contributed by atoms with van der Waals surface area (Å²) in [5, 5.41) is 10.5. The van der Waals surface area contributed by atoms with Crippen molar-refractivity contribution >= 4 is 29.1 Å². The van der Waals surface area contributed by atoms with Gasteiger partial charge in [0.05, 0.1) is 5.69 Å². The Kier molecular flexibility index (Phi) is 5.28. The zero-order valence-electron chi connectivity index (χ0n) is 9.82. The van der Waals surface area contributed by atoms with Gasteiger partial charge in [-0.05, 0) is 11.7 Å². The summed E-state index contributed by atoms with van der Waals surface area (Å²) in [5.74, 6) is -0.0338. The summed E-state index contributed by atoms with van der Waals surface area (Å²) in [5.41, 5.74) is 0.749. The molecule has 0 aromatic carbocycles. The van der Waals surface area contributed by atoms with Crippen LogP contribution in [0.2, 0.25) is 0 Å². The first-order valence-electron chi connectivity index (χ1n) is 5.38. The van der Waals surface area contributed by atoms with Crippen LogP contribution in [-0.4, -0.2) is 21.3 Å². The molecule has 5 heteroatoms. The van der Waals surface area contributed by atoms with Gasteiger partial charge in [0.1, 0.15) is 9.88 Å². The Hall–Kier alpha value is -0.550. The largest absolute Gasteiger partial charge is 0.477 e. The number of thiazole rings is 1. The molecule has 1 aromatic rings. The van der Waals surface area contributed by atoms with E-state index < -0.39 is 5.97 Å². The van der Waals surface area contributed by atoms with Gasteiger partial charge in [0, 0.05) is 5.75 Å². The fourth-order valence-electron chi connectivity index (χ4n) is 1.27. The second kappa shape index (κ2) is 6.25. The predicted molar refractivity (Wildman–Crippen MR) is 69.5 cm³/mol. The highest BCUT2D eigenvalue weighted by atomic mass is 32.2. The van der Waals surface area contributed by atoms with Crippen LogP contribution in [0.4, 0.5) is 0 Å². The lowest BCUT2D eigenvalue weighted by Crippen LogP contribution is -1.98. The highest BCUT2D eigenvalue weighted by Crippen LogP contribution is 2.25. The average molecular weight is 259 g/mol. The second-order valence-electron chi connectivity index (χ2n) is 3.80. The Balaban J connectivity index is 2.79. The maximum Gasteiger partial charge on any atom is 0.347 e. The summed E-state index contributed by atoms with van der Waals surface area (Å²) in [6.45, 7) is 6.29. The van der Waals surface area contributed by atoms with Crippen LogP contribution in [0.3, 0.4) is 0 Å². The maximum absolute atomic E-state index is 11.0. The fraction of sp³-hybridized carbons (Fsp3) is 0.636. The molecule has 1 aromatic heterocycles. The number of carboxylic acid groups (broad SMARTS) is 1. The van der Waals surface area contributed by atoms with Crippen LogP contribution in [0, 0.1) is 0 Å². The van der Waals surface area contributed by atoms with Gasteiger partial charge >= 0.3 is 5.97 Å². The lowest BCUT2D eigenvalue weighted by atomic mass is 10.2. The van der Waals surface area contributed by atoms with Gasteiger partial charge < -0.3 is 5.11 Å². The first-order valence-corrected chi connectivity index (χ1v) is 7.24.